The van der Waals surface area contributed by atoms with Crippen LogP contribution in [0.4, 0.5) is 0 Å². The molecule has 1 N–H and O–H groups in total. The molecule has 6 nitrogen and oxygen atoms in total. The third-order valence-electron chi connectivity index (χ3n) is 6.49. The van der Waals surface area contributed by atoms with Crippen molar-refractivity contribution in [3.8, 4) is 11.5 Å². The van der Waals surface area contributed by atoms with Crippen LogP contribution in [-0.2, 0) is 0 Å². The van der Waals surface area contributed by atoms with Crippen LogP contribution >= 0.6 is 0 Å². The molecule has 3 aromatic rings. The zero-order valence-electron chi connectivity index (χ0n) is 18.1. The topological polar surface area (TPSA) is 57.8 Å². The number of ether oxygens (including phenoxy) is 2. The average Bonchev–Trinajstić information content (AvgIpc) is 3.49. The predicted octanol–water partition coefficient (Wildman–Crippen LogP) is 3.63. The molecule has 6 heteroatoms. The summed E-state index contributed by atoms with van der Waals surface area (Å²) in [4.78, 5) is 21.3. The van der Waals surface area contributed by atoms with Crippen molar-refractivity contribution in [2.75, 3.05) is 52.5 Å². The minimum atomic E-state index is 0.0253. The van der Waals surface area contributed by atoms with Gasteiger partial charge in [-0.3, -0.25) is 14.6 Å². The molecule has 0 aliphatic carbocycles. The van der Waals surface area contributed by atoms with E-state index in [0.29, 0.717) is 24.0 Å². The Balaban J connectivity index is 1.29. The second-order valence-electron chi connectivity index (χ2n) is 8.66. The SMILES string of the molecule is O=c1c2ccc(OCCN3CCCC3)cc2[nH]c2ccc(OCCN3CCCC3)cc12. The highest BCUT2D eigenvalue weighted by molar-refractivity contribution is 5.93. The summed E-state index contributed by atoms with van der Waals surface area (Å²) in [5.74, 6) is 1.54. The van der Waals surface area contributed by atoms with E-state index in [-0.39, 0.29) is 5.43 Å². The highest BCUT2D eigenvalue weighted by Gasteiger charge is 2.13. The molecule has 5 rings (SSSR count). The monoisotopic (exact) mass is 421 g/mol. The molecule has 0 radical (unpaired) electrons. The van der Waals surface area contributed by atoms with Crippen LogP contribution in [-0.4, -0.2) is 67.3 Å². The van der Waals surface area contributed by atoms with E-state index in [1.807, 2.05) is 36.4 Å². The lowest BCUT2D eigenvalue weighted by Crippen LogP contribution is -2.25. The lowest BCUT2D eigenvalue weighted by atomic mass is 10.1. The normalized spacial score (nSPS) is 17.7. The number of pyridine rings is 1. The molecule has 31 heavy (non-hydrogen) atoms. The third-order valence-corrected chi connectivity index (χ3v) is 6.49. The van der Waals surface area contributed by atoms with Gasteiger partial charge < -0.3 is 14.5 Å². The molecular formula is C25H31N3O3. The summed E-state index contributed by atoms with van der Waals surface area (Å²) in [7, 11) is 0. The molecule has 0 atom stereocenters. The number of likely N-dealkylation sites (tertiary alicyclic amines) is 2. The van der Waals surface area contributed by atoms with E-state index in [2.05, 4.69) is 14.8 Å². The summed E-state index contributed by atoms with van der Waals surface area (Å²) in [6.45, 7) is 7.87. The fraction of sp³-hybridized carbons (Fsp3) is 0.480. The van der Waals surface area contributed by atoms with Crippen LogP contribution < -0.4 is 14.9 Å². The van der Waals surface area contributed by atoms with Gasteiger partial charge in [-0.2, -0.15) is 0 Å². The van der Waals surface area contributed by atoms with Crippen molar-refractivity contribution in [2.45, 2.75) is 25.7 Å². The fourth-order valence-corrected chi connectivity index (χ4v) is 4.71. The molecule has 1 aromatic heterocycles. The number of rotatable bonds is 8. The molecule has 0 bridgehead atoms. The summed E-state index contributed by atoms with van der Waals surface area (Å²) in [5.41, 5.74) is 1.65. The van der Waals surface area contributed by atoms with Crippen LogP contribution in [0, 0.1) is 0 Å². The van der Waals surface area contributed by atoms with Crippen molar-refractivity contribution in [1.82, 2.24) is 14.8 Å². The van der Waals surface area contributed by atoms with Gasteiger partial charge in [-0.05, 0) is 82.2 Å². The molecule has 2 aliphatic heterocycles. The Bertz CT molecular complexity index is 1100. The Hall–Kier alpha value is -2.57. The first-order valence-corrected chi connectivity index (χ1v) is 11.6. The van der Waals surface area contributed by atoms with E-state index in [0.717, 1.165) is 48.7 Å². The van der Waals surface area contributed by atoms with E-state index in [4.69, 9.17) is 9.47 Å². The quantitative estimate of drug-likeness (QED) is 0.563. The number of benzene rings is 2. The molecule has 0 amide bonds. The smallest absolute Gasteiger partial charge is 0.197 e. The molecule has 0 unspecified atom stereocenters. The zero-order valence-corrected chi connectivity index (χ0v) is 18.1. The van der Waals surface area contributed by atoms with E-state index >= 15 is 0 Å². The number of aromatic nitrogens is 1. The molecule has 0 spiro atoms. The lowest BCUT2D eigenvalue weighted by molar-refractivity contribution is 0.238. The van der Waals surface area contributed by atoms with Gasteiger partial charge in [0, 0.05) is 29.9 Å². The Morgan fingerprint density at radius 2 is 1.29 bits per heavy atom. The number of nitrogens with zero attached hydrogens (tertiary/aromatic N) is 2. The number of fused-ring (bicyclic) bond motifs is 2. The second-order valence-corrected chi connectivity index (χ2v) is 8.66. The van der Waals surface area contributed by atoms with Gasteiger partial charge in [0.15, 0.2) is 5.43 Å². The molecule has 2 saturated heterocycles. The number of aromatic amines is 1. The maximum absolute atomic E-state index is 13.1. The van der Waals surface area contributed by atoms with Gasteiger partial charge in [-0.25, -0.2) is 0 Å². The van der Waals surface area contributed by atoms with Gasteiger partial charge >= 0.3 is 0 Å². The van der Waals surface area contributed by atoms with Crippen LogP contribution in [0.3, 0.4) is 0 Å². The molecule has 2 aromatic carbocycles. The zero-order chi connectivity index (χ0) is 21.0. The van der Waals surface area contributed by atoms with E-state index in [1.54, 1.807) is 0 Å². The third kappa shape index (κ3) is 4.70. The van der Waals surface area contributed by atoms with Crippen LogP contribution in [0.25, 0.3) is 21.8 Å². The Labute approximate surface area is 182 Å². The van der Waals surface area contributed by atoms with E-state index in [9.17, 15) is 4.79 Å². The first-order chi connectivity index (χ1) is 15.3. The van der Waals surface area contributed by atoms with Crippen molar-refractivity contribution in [2.24, 2.45) is 0 Å². The lowest BCUT2D eigenvalue weighted by Gasteiger charge is -2.15. The van der Waals surface area contributed by atoms with Gasteiger partial charge in [-0.1, -0.05) is 0 Å². The van der Waals surface area contributed by atoms with E-state index < -0.39 is 0 Å². The highest BCUT2D eigenvalue weighted by Crippen LogP contribution is 2.23. The average molecular weight is 422 g/mol. The number of hydrogen-bond acceptors (Lipinski definition) is 5. The fourth-order valence-electron chi connectivity index (χ4n) is 4.71. The van der Waals surface area contributed by atoms with Gasteiger partial charge in [0.25, 0.3) is 0 Å². The molecular weight excluding hydrogens is 390 g/mol. The highest BCUT2D eigenvalue weighted by atomic mass is 16.5. The first kappa shape index (κ1) is 20.3. The van der Waals surface area contributed by atoms with Gasteiger partial charge in [0.2, 0.25) is 0 Å². The number of hydrogen-bond donors (Lipinski definition) is 1. The summed E-state index contributed by atoms with van der Waals surface area (Å²) in [6.07, 6.45) is 5.14. The Kier molecular flexibility index (Phi) is 6.09. The van der Waals surface area contributed by atoms with Gasteiger partial charge in [0.05, 0.1) is 11.0 Å². The van der Waals surface area contributed by atoms with Crippen molar-refractivity contribution in [3.63, 3.8) is 0 Å². The van der Waals surface area contributed by atoms with Gasteiger partial charge in [0.1, 0.15) is 24.7 Å². The summed E-state index contributed by atoms with van der Waals surface area (Å²) in [5, 5.41) is 1.34. The van der Waals surface area contributed by atoms with E-state index in [1.165, 1.54) is 38.8 Å². The second kappa shape index (κ2) is 9.28. The Morgan fingerprint density at radius 1 is 0.710 bits per heavy atom. The molecule has 0 saturated carbocycles. The standard InChI is InChI=1S/C25H31N3O3/c29-25-21-7-5-20(31-16-14-28-11-3-4-12-28)18-24(21)26-23-8-6-19(17-22(23)25)30-15-13-27-9-1-2-10-27/h5-8,17-18H,1-4,9-16H2,(H,26,29). The number of nitrogens with one attached hydrogen (secondary N) is 1. The minimum absolute atomic E-state index is 0.0253. The molecule has 164 valence electrons. The van der Waals surface area contributed by atoms with Crippen molar-refractivity contribution >= 4 is 21.8 Å². The molecule has 2 fully saturated rings. The molecule has 2 aliphatic rings. The summed E-state index contributed by atoms with van der Waals surface area (Å²) in [6, 6.07) is 11.4. The van der Waals surface area contributed by atoms with Crippen LogP contribution in [0.15, 0.2) is 41.2 Å². The van der Waals surface area contributed by atoms with Gasteiger partial charge in [-0.15, -0.1) is 0 Å². The van der Waals surface area contributed by atoms with Crippen molar-refractivity contribution in [3.05, 3.63) is 46.6 Å². The summed E-state index contributed by atoms with van der Waals surface area (Å²) >= 11 is 0. The van der Waals surface area contributed by atoms with Crippen LogP contribution in [0.2, 0.25) is 0 Å². The van der Waals surface area contributed by atoms with Crippen molar-refractivity contribution in [1.29, 1.82) is 0 Å². The van der Waals surface area contributed by atoms with Crippen LogP contribution in [0.5, 0.6) is 11.5 Å². The first-order valence-electron chi connectivity index (χ1n) is 11.6. The predicted molar refractivity (Wildman–Crippen MR) is 124 cm³/mol. The van der Waals surface area contributed by atoms with Crippen LogP contribution in [0.1, 0.15) is 25.7 Å². The number of H-pyrrole nitrogens is 1. The maximum Gasteiger partial charge on any atom is 0.197 e. The largest absolute Gasteiger partial charge is 0.492 e. The maximum atomic E-state index is 13.1. The minimum Gasteiger partial charge on any atom is -0.492 e. The van der Waals surface area contributed by atoms with Crippen molar-refractivity contribution < 1.29 is 9.47 Å². The summed E-state index contributed by atoms with van der Waals surface area (Å²) < 4.78 is 11.9. The molecule has 3 heterocycles. The Morgan fingerprint density at radius 3 is 1.94 bits per heavy atom.